The summed E-state index contributed by atoms with van der Waals surface area (Å²) in [6.45, 7) is 14.1. The predicted octanol–water partition coefficient (Wildman–Crippen LogP) is 6.90. The van der Waals surface area contributed by atoms with Gasteiger partial charge in [-0.1, -0.05) is 62.4 Å². The number of allylic oxidation sites excluding steroid dienone is 4. The molecular formula is C48H58N6O6. The molecule has 1 N–H and O–H groups in total. The number of morpholine rings is 1. The fourth-order valence-corrected chi connectivity index (χ4v) is 9.30. The van der Waals surface area contributed by atoms with Gasteiger partial charge in [-0.3, -0.25) is 14.4 Å². The second-order valence-corrected chi connectivity index (χ2v) is 16.5. The van der Waals surface area contributed by atoms with Gasteiger partial charge in [0.2, 0.25) is 5.91 Å². The first-order valence-corrected chi connectivity index (χ1v) is 21.5. The molecule has 4 aliphatic rings. The van der Waals surface area contributed by atoms with Gasteiger partial charge in [0.1, 0.15) is 23.8 Å². The van der Waals surface area contributed by atoms with Gasteiger partial charge in [-0.2, -0.15) is 5.10 Å². The van der Waals surface area contributed by atoms with Crippen LogP contribution in [0.2, 0.25) is 0 Å². The van der Waals surface area contributed by atoms with E-state index in [1.165, 1.54) is 0 Å². The Balaban J connectivity index is 1.03. The molecule has 0 saturated carbocycles. The molecule has 1 amide bonds. The molecule has 0 radical (unpaired) electrons. The molecule has 1 aliphatic carbocycles. The van der Waals surface area contributed by atoms with E-state index in [9.17, 15) is 14.7 Å². The summed E-state index contributed by atoms with van der Waals surface area (Å²) in [5, 5.41) is 18.1. The van der Waals surface area contributed by atoms with Crippen LogP contribution in [0.5, 0.6) is 11.5 Å². The molecule has 4 aromatic rings. The normalized spacial score (nSPS) is 18.6. The van der Waals surface area contributed by atoms with Crippen molar-refractivity contribution < 1.29 is 28.9 Å². The third kappa shape index (κ3) is 8.67. The Morgan fingerprint density at radius 3 is 2.42 bits per heavy atom. The van der Waals surface area contributed by atoms with Crippen LogP contribution in [0, 0.1) is 18.8 Å². The Bertz CT molecular complexity index is 2270. The first-order chi connectivity index (χ1) is 29.2. The molecule has 3 aromatic carbocycles. The molecule has 3 aliphatic heterocycles. The zero-order valence-electron chi connectivity index (χ0n) is 35.4. The lowest BCUT2D eigenvalue weighted by atomic mass is 9.83. The van der Waals surface area contributed by atoms with Crippen molar-refractivity contribution in [1.82, 2.24) is 24.5 Å². The van der Waals surface area contributed by atoms with E-state index in [2.05, 4.69) is 57.2 Å². The molecule has 316 valence electrons. The first kappa shape index (κ1) is 41.2. The van der Waals surface area contributed by atoms with E-state index in [4.69, 9.17) is 19.3 Å². The maximum atomic E-state index is 13.4. The van der Waals surface area contributed by atoms with Crippen molar-refractivity contribution in [3.05, 3.63) is 113 Å². The average Bonchev–Trinajstić information content (AvgIpc) is 3.75. The quantitative estimate of drug-likeness (QED) is 0.127. The minimum absolute atomic E-state index is 0.0101. The van der Waals surface area contributed by atoms with Gasteiger partial charge in [0.25, 0.3) is 0 Å². The van der Waals surface area contributed by atoms with Crippen LogP contribution in [-0.2, 0) is 28.0 Å². The Morgan fingerprint density at radius 2 is 1.67 bits per heavy atom. The number of carbonyl (C=O) groups excluding carboxylic acids is 1. The van der Waals surface area contributed by atoms with Gasteiger partial charge < -0.3 is 34.0 Å². The van der Waals surface area contributed by atoms with Crippen molar-refractivity contribution in [3.8, 4) is 11.5 Å². The number of rotatable bonds is 15. The molecule has 12 heteroatoms. The highest BCUT2D eigenvalue weighted by Gasteiger charge is 2.42. The van der Waals surface area contributed by atoms with Crippen molar-refractivity contribution >= 4 is 33.9 Å². The lowest BCUT2D eigenvalue weighted by Crippen LogP contribution is -2.49. The number of carbonyl (C=O) groups is 2. The number of benzene rings is 3. The third-order valence-corrected chi connectivity index (χ3v) is 12.4. The highest BCUT2D eigenvalue weighted by Crippen LogP contribution is 2.48. The maximum Gasteiger partial charge on any atom is 0.352 e. The van der Waals surface area contributed by atoms with E-state index in [0.717, 1.165) is 114 Å². The highest BCUT2D eigenvalue weighted by molar-refractivity contribution is 5.92. The van der Waals surface area contributed by atoms with Crippen LogP contribution in [-0.4, -0.2) is 114 Å². The van der Waals surface area contributed by atoms with Crippen molar-refractivity contribution in [2.45, 2.75) is 46.6 Å². The lowest BCUT2D eigenvalue weighted by Gasteiger charge is -2.37. The summed E-state index contributed by atoms with van der Waals surface area (Å²) < 4.78 is 20.3. The molecule has 4 heterocycles. The van der Waals surface area contributed by atoms with E-state index in [1.54, 1.807) is 0 Å². The molecule has 12 nitrogen and oxygen atoms in total. The smallest absolute Gasteiger partial charge is 0.352 e. The number of nitrogens with zero attached hydrogens (tertiary/aromatic N) is 6. The summed E-state index contributed by atoms with van der Waals surface area (Å²) in [6, 6.07) is 22.5. The minimum Gasteiger partial charge on any atom is -0.493 e. The van der Waals surface area contributed by atoms with E-state index in [-0.39, 0.29) is 17.7 Å². The molecule has 2 fully saturated rings. The Labute approximate surface area is 353 Å². The Kier molecular flexibility index (Phi) is 12.6. The Hall–Kier alpha value is -5.59. The third-order valence-electron chi connectivity index (χ3n) is 12.4. The number of carboxylic acids is 1. The van der Waals surface area contributed by atoms with Gasteiger partial charge in [0.15, 0.2) is 0 Å². The Morgan fingerprint density at radius 1 is 0.917 bits per heavy atom. The second kappa shape index (κ2) is 18.4. The van der Waals surface area contributed by atoms with Gasteiger partial charge in [-0.25, -0.2) is 4.79 Å². The summed E-state index contributed by atoms with van der Waals surface area (Å²) in [7, 11) is 1.95. The standard InChI is InChI=1S/C48H58N6O6/c1-33(2)47(55)53-24-22-52(23-25-53)36-17-19-37(20-18-36)60-32-42-44(34(3)49-50(42)4)41-14-8-13-39-40(15-9-29-59-43-16-7-11-35-10-5-6-12-38(35)43)46(48(56)57)54(45(39)41)26-21-51-27-30-58-31-28-51/h5-8,10-12,14,16-20,33,39H,9,13,15,21-32H2,1-4H3,(H,56,57). The van der Waals surface area contributed by atoms with Crippen LogP contribution in [0.4, 0.5) is 5.69 Å². The molecule has 0 spiro atoms. The van der Waals surface area contributed by atoms with Crippen LogP contribution in [0.3, 0.4) is 0 Å². The second-order valence-electron chi connectivity index (χ2n) is 16.5. The fourth-order valence-electron chi connectivity index (χ4n) is 9.30. The van der Waals surface area contributed by atoms with E-state index in [0.29, 0.717) is 51.5 Å². The van der Waals surface area contributed by atoms with Gasteiger partial charge in [-0.15, -0.1) is 0 Å². The number of hydrogen-bond donors (Lipinski definition) is 1. The summed E-state index contributed by atoms with van der Waals surface area (Å²) in [5.74, 6) is 0.840. The molecule has 8 rings (SSSR count). The number of carboxylic acid groups (broad SMARTS) is 1. The minimum atomic E-state index is -0.899. The molecule has 1 atom stereocenters. The summed E-state index contributed by atoms with van der Waals surface area (Å²) >= 11 is 0. The number of piperazine rings is 1. The number of hydrogen-bond acceptors (Lipinski definition) is 9. The van der Waals surface area contributed by atoms with E-state index < -0.39 is 5.97 Å². The topological polar surface area (TPSA) is 113 Å². The van der Waals surface area contributed by atoms with Crippen molar-refractivity contribution in [3.63, 3.8) is 0 Å². The highest BCUT2D eigenvalue weighted by atomic mass is 16.5. The zero-order valence-corrected chi connectivity index (χ0v) is 35.4. The number of ether oxygens (including phenoxy) is 3. The molecule has 60 heavy (non-hydrogen) atoms. The van der Waals surface area contributed by atoms with E-state index >= 15 is 0 Å². The summed E-state index contributed by atoms with van der Waals surface area (Å²) in [4.78, 5) is 34.6. The van der Waals surface area contributed by atoms with Crippen LogP contribution >= 0.6 is 0 Å². The van der Waals surface area contributed by atoms with Crippen molar-refractivity contribution in [1.29, 1.82) is 0 Å². The van der Waals surface area contributed by atoms with Crippen LogP contribution in [0.15, 0.2) is 95.8 Å². The molecule has 1 unspecified atom stereocenters. The van der Waals surface area contributed by atoms with Crippen LogP contribution in [0.25, 0.3) is 16.3 Å². The number of amides is 1. The van der Waals surface area contributed by atoms with Gasteiger partial charge in [0.05, 0.1) is 31.2 Å². The fraction of sp³-hybridized carbons (Fsp3) is 0.438. The SMILES string of the molecule is Cc1nn(C)c(COc2ccc(N3CCN(C(=O)C(C)C)CC3)cc2)c1C1=C2C(CC=C1)C(CCCOc1cccc3ccccc13)=C(C(=O)O)N2CCN1CCOCC1. The molecule has 2 saturated heterocycles. The van der Waals surface area contributed by atoms with Crippen molar-refractivity contribution in [2.24, 2.45) is 18.9 Å². The average molecular weight is 815 g/mol. The largest absolute Gasteiger partial charge is 0.493 e. The predicted molar refractivity (Wildman–Crippen MR) is 234 cm³/mol. The van der Waals surface area contributed by atoms with E-state index in [1.807, 2.05) is 73.8 Å². The van der Waals surface area contributed by atoms with Gasteiger partial charge >= 0.3 is 5.97 Å². The van der Waals surface area contributed by atoms with Gasteiger partial charge in [0, 0.05) is 99.1 Å². The number of aromatic nitrogens is 2. The zero-order chi connectivity index (χ0) is 41.8. The van der Waals surface area contributed by atoms with Gasteiger partial charge in [-0.05, 0) is 67.5 Å². The summed E-state index contributed by atoms with van der Waals surface area (Å²) in [6.07, 6.45) is 6.38. The molecular weight excluding hydrogens is 757 g/mol. The van der Waals surface area contributed by atoms with Crippen LogP contribution in [0.1, 0.15) is 50.1 Å². The van der Waals surface area contributed by atoms with Crippen LogP contribution < -0.4 is 14.4 Å². The monoisotopic (exact) mass is 814 g/mol. The first-order valence-electron chi connectivity index (χ1n) is 21.5. The molecule has 1 aromatic heterocycles. The van der Waals surface area contributed by atoms with Crippen molar-refractivity contribution in [2.75, 3.05) is 77.1 Å². The maximum absolute atomic E-state index is 13.4. The lowest BCUT2D eigenvalue weighted by molar-refractivity contribution is -0.135. The number of aliphatic carboxylic acids is 1. The number of anilines is 1. The summed E-state index contributed by atoms with van der Waals surface area (Å²) in [5.41, 5.74) is 7.28. The number of aryl methyl sites for hydroxylation is 2. The molecule has 0 bridgehead atoms. The number of fused-ring (bicyclic) bond motifs is 2.